The second-order valence-corrected chi connectivity index (χ2v) is 3.43. The van der Waals surface area contributed by atoms with E-state index in [9.17, 15) is 15.0 Å². The van der Waals surface area contributed by atoms with Gasteiger partial charge in [-0.2, -0.15) is 0 Å². The maximum atomic E-state index is 10.6. The van der Waals surface area contributed by atoms with Gasteiger partial charge < -0.3 is 20.4 Å². The molecule has 0 atom stereocenters. The van der Waals surface area contributed by atoms with Crippen molar-refractivity contribution < 1.29 is 25.2 Å². The summed E-state index contributed by atoms with van der Waals surface area (Å²) in [6.07, 6.45) is 0.410. The van der Waals surface area contributed by atoms with Gasteiger partial charge in [-0.3, -0.25) is 9.69 Å². The molecule has 0 amide bonds. The van der Waals surface area contributed by atoms with Crippen LogP contribution in [0.15, 0.2) is 0 Å². The molecule has 0 aromatic carbocycles. The Bertz CT molecular complexity index is 185. The third kappa shape index (κ3) is 3.75. The van der Waals surface area contributed by atoms with Gasteiger partial charge in [-0.15, -0.1) is 0 Å². The van der Waals surface area contributed by atoms with Crippen LogP contribution < -0.4 is 0 Å². The number of aliphatic hydroxyl groups is 3. The Morgan fingerprint density at radius 1 is 1.27 bits per heavy atom. The highest BCUT2D eigenvalue weighted by molar-refractivity contribution is 5.69. The summed E-state index contributed by atoms with van der Waals surface area (Å²) < 4.78 is 0. The molecule has 0 radical (unpaired) electrons. The average molecular weight is 221 g/mol. The summed E-state index contributed by atoms with van der Waals surface area (Å²) in [7, 11) is 0. The first-order valence-electron chi connectivity index (χ1n) is 4.85. The molecule has 0 aromatic rings. The highest BCUT2D eigenvalue weighted by atomic mass is 16.4. The number of carbonyl (C=O) groups is 1. The zero-order chi connectivity index (χ0) is 11.9. The molecule has 0 unspecified atom stereocenters. The van der Waals surface area contributed by atoms with Crippen LogP contribution in [-0.2, 0) is 4.79 Å². The summed E-state index contributed by atoms with van der Waals surface area (Å²) in [5.41, 5.74) is -0.971. The Hall–Kier alpha value is -0.690. The molecule has 90 valence electrons. The van der Waals surface area contributed by atoms with Gasteiger partial charge in [0.05, 0.1) is 31.9 Å². The lowest BCUT2D eigenvalue weighted by atomic mass is 9.95. The Labute approximate surface area is 88.8 Å². The minimum absolute atomic E-state index is 0.112. The predicted molar refractivity (Wildman–Crippen MR) is 53.5 cm³/mol. The molecule has 0 aliphatic carbocycles. The van der Waals surface area contributed by atoms with E-state index in [1.54, 1.807) is 6.92 Å². The smallest absolute Gasteiger partial charge is 0.317 e. The largest absolute Gasteiger partial charge is 0.480 e. The molecule has 0 aliphatic heterocycles. The molecule has 15 heavy (non-hydrogen) atoms. The highest BCUT2D eigenvalue weighted by Crippen LogP contribution is 2.18. The van der Waals surface area contributed by atoms with Crippen molar-refractivity contribution in [1.29, 1.82) is 0 Å². The fraction of sp³-hybridized carbons (Fsp3) is 0.889. The van der Waals surface area contributed by atoms with Crippen molar-refractivity contribution in [2.75, 3.05) is 32.9 Å². The summed E-state index contributed by atoms with van der Waals surface area (Å²) in [5, 5.41) is 35.9. The van der Waals surface area contributed by atoms with E-state index in [-0.39, 0.29) is 32.9 Å². The lowest BCUT2D eigenvalue weighted by Crippen LogP contribution is -2.56. The van der Waals surface area contributed by atoms with Crippen molar-refractivity contribution in [2.24, 2.45) is 0 Å². The van der Waals surface area contributed by atoms with Crippen LogP contribution >= 0.6 is 0 Å². The number of hydrogen-bond acceptors (Lipinski definition) is 5. The molecular formula is C9H19NO5. The van der Waals surface area contributed by atoms with Gasteiger partial charge in [0.25, 0.3) is 0 Å². The summed E-state index contributed by atoms with van der Waals surface area (Å²) in [6.45, 7) is 0.658. The standard InChI is InChI=1S/C9H19NO5/c1-2-9(6-12,7-13)10(3-4-11)5-8(14)15/h11-13H,2-7H2,1H3,(H,14,15). The van der Waals surface area contributed by atoms with Crippen molar-refractivity contribution in [3.63, 3.8) is 0 Å². The van der Waals surface area contributed by atoms with E-state index < -0.39 is 11.5 Å². The van der Waals surface area contributed by atoms with Crippen LogP contribution in [0, 0.1) is 0 Å². The van der Waals surface area contributed by atoms with Gasteiger partial charge in [0.15, 0.2) is 0 Å². The van der Waals surface area contributed by atoms with E-state index in [2.05, 4.69) is 0 Å². The van der Waals surface area contributed by atoms with Crippen LogP contribution in [0.5, 0.6) is 0 Å². The van der Waals surface area contributed by atoms with Crippen LogP contribution in [0.25, 0.3) is 0 Å². The molecule has 0 rings (SSSR count). The van der Waals surface area contributed by atoms with Crippen molar-refractivity contribution in [2.45, 2.75) is 18.9 Å². The molecule has 4 N–H and O–H groups in total. The van der Waals surface area contributed by atoms with Crippen LogP contribution in [0.2, 0.25) is 0 Å². The predicted octanol–water partition coefficient (Wildman–Crippen LogP) is -1.50. The number of hydrogen-bond donors (Lipinski definition) is 4. The molecule has 6 heteroatoms. The number of carboxylic acids is 1. The lowest BCUT2D eigenvalue weighted by molar-refractivity contribution is -0.141. The Morgan fingerprint density at radius 3 is 2.07 bits per heavy atom. The normalized spacial score (nSPS) is 12.1. The average Bonchev–Trinajstić information content (AvgIpc) is 2.21. The van der Waals surface area contributed by atoms with Gasteiger partial charge in [-0.05, 0) is 6.42 Å². The van der Waals surface area contributed by atoms with Crippen molar-refractivity contribution in [1.82, 2.24) is 4.90 Å². The van der Waals surface area contributed by atoms with Crippen LogP contribution in [0.3, 0.4) is 0 Å². The van der Waals surface area contributed by atoms with Crippen molar-refractivity contribution >= 4 is 5.97 Å². The first kappa shape index (κ1) is 14.3. The number of aliphatic carboxylic acids is 1. The molecule has 0 heterocycles. The maximum absolute atomic E-state index is 10.6. The van der Waals surface area contributed by atoms with Crippen molar-refractivity contribution in [3.8, 4) is 0 Å². The van der Waals surface area contributed by atoms with Gasteiger partial charge in [-0.25, -0.2) is 0 Å². The third-order valence-electron chi connectivity index (χ3n) is 2.61. The minimum atomic E-state index is -1.05. The van der Waals surface area contributed by atoms with E-state index in [0.717, 1.165) is 0 Å². The number of nitrogens with zero attached hydrogens (tertiary/aromatic N) is 1. The minimum Gasteiger partial charge on any atom is -0.480 e. The fourth-order valence-corrected chi connectivity index (χ4v) is 1.47. The summed E-state index contributed by atoms with van der Waals surface area (Å²) in [4.78, 5) is 12.0. The zero-order valence-corrected chi connectivity index (χ0v) is 8.89. The van der Waals surface area contributed by atoms with Crippen LogP contribution in [0.1, 0.15) is 13.3 Å². The third-order valence-corrected chi connectivity index (χ3v) is 2.61. The molecule has 0 aliphatic rings. The summed E-state index contributed by atoms with van der Waals surface area (Å²) in [6, 6.07) is 0. The van der Waals surface area contributed by atoms with E-state index in [0.29, 0.717) is 6.42 Å². The molecule has 6 nitrogen and oxygen atoms in total. The van der Waals surface area contributed by atoms with Gasteiger partial charge in [0, 0.05) is 6.54 Å². The molecular weight excluding hydrogens is 202 g/mol. The van der Waals surface area contributed by atoms with Gasteiger partial charge >= 0.3 is 5.97 Å². The van der Waals surface area contributed by atoms with Crippen LogP contribution in [-0.4, -0.2) is 69.7 Å². The van der Waals surface area contributed by atoms with E-state index in [1.807, 2.05) is 0 Å². The number of aliphatic hydroxyl groups excluding tert-OH is 3. The summed E-state index contributed by atoms with van der Waals surface area (Å²) >= 11 is 0. The topological polar surface area (TPSA) is 101 Å². The van der Waals surface area contributed by atoms with Gasteiger partial charge in [0.1, 0.15) is 0 Å². The quantitative estimate of drug-likeness (QED) is 0.398. The second-order valence-electron chi connectivity index (χ2n) is 3.43. The first-order chi connectivity index (χ1) is 7.06. The molecule has 0 spiro atoms. The molecule has 0 bridgehead atoms. The highest BCUT2D eigenvalue weighted by Gasteiger charge is 2.34. The van der Waals surface area contributed by atoms with Gasteiger partial charge in [0.2, 0.25) is 0 Å². The second kappa shape index (κ2) is 6.73. The SMILES string of the molecule is CCC(CO)(CO)N(CCO)CC(=O)O. The molecule has 0 fully saturated rings. The monoisotopic (exact) mass is 221 g/mol. The molecule has 0 saturated carbocycles. The first-order valence-corrected chi connectivity index (χ1v) is 4.85. The maximum Gasteiger partial charge on any atom is 0.317 e. The Morgan fingerprint density at radius 2 is 1.80 bits per heavy atom. The zero-order valence-electron chi connectivity index (χ0n) is 8.89. The molecule has 0 aromatic heterocycles. The van der Waals surface area contributed by atoms with Crippen molar-refractivity contribution in [3.05, 3.63) is 0 Å². The lowest BCUT2D eigenvalue weighted by Gasteiger charge is -2.39. The molecule has 0 saturated heterocycles. The van der Waals surface area contributed by atoms with E-state index in [4.69, 9.17) is 10.2 Å². The van der Waals surface area contributed by atoms with E-state index >= 15 is 0 Å². The number of carboxylic acid groups (broad SMARTS) is 1. The summed E-state index contributed by atoms with van der Waals surface area (Å²) in [5.74, 6) is -1.05. The Balaban J connectivity index is 4.73. The van der Waals surface area contributed by atoms with Crippen LogP contribution in [0.4, 0.5) is 0 Å². The van der Waals surface area contributed by atoms with Gasteiger partial charge in [-0.1, -0.05) is 6.92 Å². The number of β-amino-alcohol motifs (C(OH)–C–C–N with tert-alkyl or cyclic N) is 1. The fourth-order valence-electron chi connectivity index (χ4n) is 1.47. The number of rotatable bonds is 8. The van der Waals surface area contributed by atoms with E-state index in [1.165, 1.54) is 4.90 Å². The Kier molecular flexibility index (Phi) is 6.42.